The van der Waals surface area contributed by atoms with E-state index in [0.29, 0.717) is 6.61 Å². The molecule has 0 spiro atoms. The van der Waals surface area contributed by atoms with Crippen molar-refractivity contribution in [3.05, 3.63) is 82.6 Å². The van der Waals surface area contributed by atoms with E-state index in [-0.39, 0.29) is 17.1 Å². The minimum Gasteiger partial charge on any atom is -0.488 e. The lowest BCUT2D eigenvalue weighted by Gasteiger charge is -2.14. The number of anilines is 3. The molecule has 3 aromatic rings. The molecule has 8 heteroatoms. The molecule has 1 fully saturated rings. The van der Waals surface area contributed by atoms with E-state index in [9.17, 15) is 4.79 Å². The number of ether oxygens (including phenoxy) is 1. The molecular formula is C29H36N5O2S+. The second-order valence-electron chi connectivity index (χ2n) is 10.0. The van der Waals surface area contributed by atoms with Gasteiger partial charge in [-0.05, 0) is 84.2 Å². The van der Waals surface area contributed by atoms with Crippen molar-refractivity contribution in [2.24, 2.45) is 16.4 Å². The number of aryl methyl sites for hydroxylation is 1. The van der Waals surface area contributed by atoms with Crippen LogP contribution in [0.25, 0.3) is 0 Å². The van der Waals surface area contributed by atoms with Gasteiger partial charge in [0.2, 0.25) is 0 Å². The Balaban J connectivity index is 1.37. The van der Waals surface area contributed by atoms with Crippen molar-refractivity contribution in [3.8, 4) is 5.75 Å². The maximum absolute atomic E-state index is 12.0. The molecule has 37 heavy (non-hydrogen) atoms. The number of allylic oxidation sites excluding steroid dienone is 1. The summed E-state index contributed by atoms with van der Waals surface area (Å²) in [6.45, 7) is 8.31. The van der Waals surface area contributed by atoms with E-state index in [1.807, 2.05) is 43.7 Å². The molecule has 4 rings (SSSR count). The monoisotopic (exact) mass is 518 g/mol. The second-order valence-corrected chi connectivity index (χ2v) is 11.0. The van der Waals surface area contributed by atoms with Crippen LogP contribution in [0, 0.1) is 18.3 Å². The number of nitrogens with zero attached hydrogens (tertiary/aromatic N) is 3. The zero-order chi connectivity index (χ0) is 26.6. The standard InChI is InChI=1S/C29H36N5O2S/c1-7-27(35)24-18-29(24,3)17-21-9-8-10-23(16-21)36-19-28-26(13-14-37-28)32-34(30-4)31-25-12-11-22(33(5)6)15-20(25)2/h7-16,24H,1,17-19H2,2-6H3,(H2,30,31,32)/q+1. The van der Waals surface area contributed by atoms with E-state index >= 15 is 0 Å². The molecule has 1 saturated carbocycles. The van der Waals surface area contributed by atoms with Crippen LogP contribution in [-0.2, 0) is 17.8 Å². The summed E-state index contributed by atoms with van der Waals surface area (Å²) in [7, 11) is 5.79. The lowest BCUT2D eigenvalue weighted by molar-refractivity contribution is -0.534. The van der Waals surface area contributed by atoms with Crippen molar-refractivity contribution in [1.82, 2.24) is 0 Å². The molecule has 1 heterocycles. The highest BCUT2D eigenvalue weighted by Crippen LogP contribution is 2.55. The fourth-order valence-electron chi connectivity index (χ4n) is 4.51. The van der Waals surface area contributed by atoms with Crippen molar-refractivity contribution in [2.45, 2.75) is 33.3 Å². The summed E-state index contributed by atoms with van der Waals surface area (Å²) < 4.78 is 6.16. The van der Waals surface area contributed by atoms with Crippen molar-refractivity contribution >= 4 is 34.2 Å². The molecule has 0 aliphatic heterocycles. The third-order valence-electron chi connectivity index (χ3n) is 6.90. The summed E-state index contributed by atoms with van der Waals surface area (Å²) in [4.78, 5) is 16.8. The first-order valence-corrected chi connectivity index (χ1v) is 13.3. The molecule has 0 radical (unpaired) electrons. The molecule has 2 atom stereocenters. The lowest BCUT2D eigenvalue weighted by Crippen LogP contribution is -2.24. The zero-order valence-electron chi connectivity index (χ0n) is 22.2. The van der Waals surface area contributed by atoms with Gasteiger partial charge in [0.15, 0.2) is 5.78 Å². The van der Waals surface area contributed by atoms with Crippen molar-refractivity contribution < 1.29 is 14.4 Å². The number of hydrogen-bond donors (Lipinski definition) is 2. The predicted molar refractivity (Wildman–Crippen MR) is 152 cm³/mol. The number of carbonyl (C=O) groups is 1. The normalized spacial score (nSPS) is 18.7. The van der Waals surface area contributed by atoms with Crippen LogP contribution in [0.4, 0.5) is 17.1 Å². The van der Waals surface area contributed by atoms with Crippen LogP contribution in [-0.4, -0.2) is 31.8 Å². The Labute approximate surface area is 223 Å². The highest BCUT2D eigenvalue weighted by molar-refractivity contribution is 7.10. The molecule has 1 aromatic heterocycles. The van der Waals surface area contributed by atoms with Crippen LogP contribution in [0.15, 0.2) is 71.7 Å². The summed E-state index contributed by atoms with van der Waals surface area (Å²) in [5, 5.41) is 6.36. The van der Waals surface area contributed by atoms with E-state index in [1.165, 1.54) is 11.6 Å². The molecule has 2 aromatic carbocycles. The molecule has 0 saturated heterocycles. The number of hydrazine groups is 2. The van der Waals surface area contributed by atoms with Gasteiger partial charge in [-0.2, -0.15) is 0 Å². The molecule has 0 amide bonds. The summed E-state index contributed by atoms with van der Waals surface area (Å²) in [5.41, 5.74) is 12.0. The van der Waals surface area contributed by atoms with E-state index < -0.39 is 0 Å². The number of benzene rings is 2. The van der Waals surface area contributed by atoms with Gasteiger partial charge < -0.3 is 9.64 Å². The van der Waals surface area contributed by atoms with E-state index in [0.717, 1.165) is 46.1 Å². The zero-order valence-corrected chi connectivity index (χ0v) is 23.1. The Bertz CT molecular complexity index is 1320. The van der Waals surface area contributed by atoms with Gasteiger partial charge in [0, 0.05) is 30.8 Å². The average molecular weight is 519 g/mol. The van der Waals surface area contributed by atoms with Gasteiger partial charge >= 0.3 is 0 Å². The quantitative estimate of drug-likeness (QED) is 0.124. The Morgan fingerprint density at radius 2 is 2.03 bits per heavy atom. The molecule has 194 valence electrons. The van der Waals surface area contributed by atoms with Gasteiger partial charge in [-0.3, -0.25) is 4.79 Å². The summed E-state index contributed by atoms with van der Waals surface area (Å²) in [6, 6.07) is 16.4. The molecular weight excluding hydrogens is 482 g/mol. The first-order valence-electron chi connectivity index (χ1n) is 12.4. The highest BCUT2D eigenvalue weighted by Gasteiger charge is 2.52. The number of nitrogens with one attached hydrogen (secondary N) is 2. The van der Waals surface area contributed by atoms with Crippen LogP contribution in [0.2, 0.25) is 0 Å². The first-order chi connectivity index (χ1) is 17.7. The molecule has 2 N–H and O–H groups in total. The van der Waals surface area contributed by atoms with Gasteiger partial charge in [0.25, 0.3) is 0 Å². The lowest BCUT2D eigenvalue weighted by atomic mass is 9.94. The van der Waals surface area contributed by atoms with Crippen molar-refractivity contribution in [1.29, 1.82) is 0 Å². The molecule has 7 nitrogen and oxygen atoms in total. The van der Waals surface area contributed by atoms with E-state index in [4.69, 9.17) is 4.74 Å². The summed E-state index contributed by atoms with van der Waals surface area (Å²) in [5.74, 6) is 1.06. The number of rotatable bonds is 12. The molecule has 2 unspecified atom stereocenters. The number of carbonyl (C=O) groups excluding carboxylic acids is 1. The van der Waals surface area contributed by atoms with Gasteiger partial charge in [0.1, 0.15) is 28.6 Å². The SMILES string of the molecule is C=CC(=O)C1CC1(C)Cc1cccc(OCc2sccc2N[N+](=NC)Nc2ccc(N(C)C)cc2C)c1. The van der Waals surface area contributed by atoms with Gasteiger partial charge in [-0.15, -0.1) is 22.2 Å². The fraction of sp³-hybridized carbons (Fsp3) is 0.345. The average Bonchev–Trinajstić information content (AvgIpc) is 3.34. The van der Waals surface area contributed by atoms with Crippen molar-refractivity contribution in [2.75, 3.05) is 36.9 Å². The summed E-state index contributed by atoms with van der Waals surface area (Å²) >= 11 is 1.63. The highest BCUT2D eigenvalue weighted by atomic mass is 32.1. The third-order valence-corrected chi connectivity index (χ3v) is 7.79. The number of thiophene rings is 1. The molecule has 0 bridgehead atoms. The minimum atomic E-state index is 0.0139. The number of ketones is 1. The van der Waals surface area contributed by atoms with Gasteiger partial charge in [-0.1, -0.05) is 25.6 Å². The third kappa shape index (κ3) is 6.38. The Morgan fingerprint density at radius 1 is 1.24 bits per heavy atom. The minimum absolute atomic E-state index is 0.0139. The second kappa shape index (κ2) is 11.2. The Hall–Kier alpha value is -3.65. The fourth-order valence-corrected chi connectivity index (χ4v) is 5.25. The van der Waals surface area contributed by atoms with E-state index in [1.54, 1.807) is 23.3 Å². The smallest absolute Gasteiger partial charge is 0.158 e. The first kappa shape index (κ1) is 26.4. The van der Waals surface area contributed by atoms with Gasteiger partial charge in [-0.25, -0.2) is 0 Å². The van der Waals surface area contributed by atoms with Crippen LogP contribution < -0.4 is 20.5 Å². The molecule has 1 aliphatic rings. The van der Waals surface area contributed by atoms with Crippen molar-refractivity contribution in [3.63, 3.8) is 0 Å². The van der Waals surface area contributed by atoms with E-state index in [2.05, 4.69) is 65.6 Å². The maximum Gasteiger partial charge on any atom is 0.158 e. The van der Waals surface area contributed by atoms with Crippen LogP contribution in [0.1, 0.15) is 29.3 Å². The van der Waals surface area contributed by atoms with Crippen LogP contribution >= 0.6 is 11.3 Å². The Kier molecular flexibility index (Phi) is 7.97. The number of hydrogen-bond acceptors (Lipinski definition) is 5. The Morgan fingerprint density at radius 3 is 2.73 bits per heavy atom. The summed E-state index contributed by atoms with van der Waals surface area (Å²) in [6.07, 6.45) is 3.22. The van der Waals surface area contributed by atoms with Gasteiger partial charge in [0.05, 0.1) is 11.9 Å². The molecule has 1 aliphatic carbocycles. The largest absolute Gasteiger partial charge is 0.488 e. The van der Waals surface area contributed by atoms with Crippen LogP contribution in [0.5, 0.6) is 5.75 Å². The topological polar surface area (TPSA) is 69.0 Å². The van der Waals surface area contributed by atoms with Crippen LogP contribution in [0.3, 0.4) is 0 Å². The predicted octanol–water partition coefficient (Wildman–Crippen LogP) is 6.47. The maximum atomic E-state index is 12.0.